The SMILES string of the molecule is COc1ccc(NC(=O)CNC(=O)COc2ccc(Cl)cc2)cc1Cl. The molecule has 0 heterocycles. The number of amides is 2. The third kappa shape index (κ3) is 6.17. The first-order valence-corrected chi connectivity index (χ1v) is 8.02. The number of halogens is 2. The molecule has 0 aliphatic rings. The molecule has 0 saturated carbocycles. The number of anilines is 1. The van der Waals surface area contributed by atoms with Crippen molar-refractivity contribution in [2.24, 2.45) is 0 Å². The number of hydrogen-bond acceptors (Lipinski definition) is 4. The van der Waals surface area contributed by atoms with E-state index in [1.807, 2.05) is 0 Å². The largest absolute Gasteiger partial charge is 0.495 e. The summed E-state index contributed by atoms with van der Waals surface area (Å²) in [6.45, 7) is -0.393. The lowest BCUT2D eigenvalue weighted by Crippen LogP contribution is -2.35. The van der Waals surface area contributed by atoms with Gasteiger partial charge in [-0.05, 0) is 42.5 Å². The average molecular weight is 383 g/mol. The second-order valence-electron chi connectivity index (χ2n) is 4.92. The van der Waals surface area contributed by atoms with Gasteiger partial charge in [0.05, 0.1) is 18.7 Å². The van der Waals surface area contributed by atoms with Gasteiger partial charge in [0.15, 0.2) is 6.61 Å². The third-order valence-electron chi connectivity index (χ3n) is 3.07. The number of carbonyl (C=O) groups excluding carboxylic acids is 2. The highest BCUT2D eigenvalue weighted by Crippen LogP contribution is 2.27. The fourth-order valence-corrected chi connectivity index (χ4v) is 2.24. The first-order valence-electron chi connectivity index (χ1n) is 7.26. The van der Waals surface area contributed by atoms with E-state index in [1.54, 1.807) is 42.5 Å². The summed E-state index contributed by atoms with van der Waals surface area (Å²) in [7, 11) is 1.50. The van der Waals surface area contributed by atoms with Gasteiger partial charge in [-0.3, -0.25) is 9.59 Å². The van der Waals surface area contributed by atoms with Gasteiger partial charge in [-0.15, -0.1) is 0 Å². The van der Waals surface area contributed by atoms with Crippen molar-refractivity contribution in [2.75, 3.05) is 25.6 Å². The topological polar surface area (TPSA) is 76.7 Å². The molecule has 132 valence electrons. The summed E-state index contributed by atoms with van der Waals surface area (Å²) in [6.07, 6.45) is 0. The molecule has 0 aromatic heterocycles. The quantitative estimate of drug-likeness (QED) is 0.770. The molecular weight excluding hydrogens is 367 g/mol. The highest BCUT2D eigenvalue weighted by Gasteiger charge is 2.08. The minimum Gasteiger partial charge on any atom is -0.495 e. The van der Waals surface area contributed by atoms with Crippen LogP contribution in [0.3, 0.4) is 0 Å². The summed E-state index contributed by atoms with van der Waals surface area (Å²) in [5.41, 5.74) is 0.502. The van der Waals surface area contributed by atoms with Crippen LogP contribution in [0, 0.1) is 0 Å². The summed E-state index contributed by atoms with van der Waals surface area (Å²) < 4.78 is 10.3. The van der Waals surface area contributed by atoms with Crippen LogP contribution in [0.15, 0.2) is 42.5 Å². The van der Waals surface area contributed by atoms with Crippen molar-refractivity contribution in [3.8, 4) is 11.5 Å². The van der Waals surface area contributed by atoms with E-state index in [0.717, 1.165) is 0 Å². The fraction of sp³-hybridized carbons (Fsp3) is 0.176. The molecule has 2 N–H and O–H groups in total. The Kier molecular flexibility index (Phi) is 6.91. The molecule has 0 saturated heterocycles. The Labute approximate surface area is 155 Å². The molecule has 0 spiro atoms. The average Bonchev–Trinajstić information content (AvgIpc) is 2.59. The monoisotopic (exact) mass is 382 g/mol. The minimum atomic E-state index is -0.419. The van der Waals surface area contributed by atoms with E-state index in [0.29, 0.717) is 27.2 Å². The van der Waals surface area contributed by atoms with Crippen molar-refractivity contribution in [3.63, 3.8) is 0 Å². The molecule has 2 rings (SSSR count). The van der Waals surface area contributed by atoms with Gasteiger partial charge in [0.2, 0.25) is 5.91 Å². The molecule has 0 aliphatic heterocycles. The molecule has 0 bridgehead atoms. The molecule has 8 heteroatoms. The summed E-state index contributed by atoms with van der Waals surface area (Å²) in [5.74, 6) is 0.211. The zero-order valence-electron chi connectivity index (χ0n) is 13.3. The van der Waals surface area contributed by atoms with Crippen molar-refractivity contribution in [1.29, 1.82) is 0 Å². The molecular formula is C17H16Cl2N2O4. The Morgan fingerprint density at radius 1 is 1.04 bits per heavy atom. The molecule has 25 heavy (non-hydrogen) atoms. The lowest BCUT2D eigenvalue weighted by molar-refractivity contribution is -0.125. The summed E-state index contributed by atoms with van der Waals surface area (Å²) in [5, 5.41) is 6.03. The Morgan fingerprint density at radius 2 is 1.76 bits per heavy atom. The predicted molar refractivity (Wildman–Crippen MR) is 96.6 cm³/mol. The van der Waals surface area contributed by atoms with Gasteiger partial charge in [-0.1, -0.05) is 23.2 Å². The van der Waals surface area contributed by atoms with Crippen molar-refractivity contribution in [2.45, 2.75) is 0 Å². The standard InChI is InChI=1S/C17H16Cl2N2O4/c1-24-15-7-4-12(8-14(15)19)21-16(22)9-20-17(23)10-25-13-5-2-11(18)3-6-13/h2-8H,9-10H2,1H3,(H,20,23)(H,21,22). The number of rotatable bonds is 7. The van der Waals surface area contributed by atoms with Crippen LogP contribution in [0.1, 0.15) is 0 Å². The fourth-order valence-electron chi connectivity index (χ4n) is 1.86. The van der Waals surface area contributed by atoms with Gasteiger partial charge in [-0.2, -0.15) is 0 Å². The van der Waals surface area contributed by atoms with Crippen LogP contribution in [-0.2, 0) is 9.59 Å². The summed E-state index contributed by atoms with van der Waals surface area (Å²) >= 11 is 11.7. The predicted octanol–water partition coefficient (Wildman–Crippen LogP) is 3.14. The van der Waals surface area contributed by atoms with Gasteiger partial charge < -0.3 is 20.1 Å². The van der Waals surface area contributed by atoms with Gasteiger partial charge in [-0.25, -0.2) is 0 Å². The molecule has 0 atom stereocenters. The third-order valence-corrected chi connectivity index (χ3v) is 3.61. The van der Waals surface area contributed by atoms with E-state index in [9.17, 15) is 9.59 Å². The van der Waals surface area contributed by atoms with Crippen LogP contribution in [0.4, 0.5) is 5.69 Å². The van der Waals surface area contributed by atoms with Crippen LogP contribution in [0.5, 0.6) is 11.5 Å². The molecule has 2 aromatic carbocycles. The maximum Gasteiger partial charge on any atom is 0.258 e. The van der Waals surface area contributed by atoms with Crippen LogP contribution < -0.4 is 20.1 Å². The molecule has 0 aliphatic carbocycles. The lowest BCUT2D eigenvalue weighted by Gasteiger charge is -2.09. The molecule has 0 unspecified atom stereocenters. The number of benzene rings is 2. The van der Waals surface area contributed by atoms with Crippen LogP contribution >= 0.6 is 23.2 Å². The molecule has 2 amide bonds. The second kappa shape index (κ2) is 9.15. The van der Waals surface area contributed by atoms with Crippen molar-refractivity contribution in [3.05, 3.63) is 52.5 Å². The highest BCUT2D eigenvalue weighted by molar-refractivity contribution is 6.32. The molecule has 0 radical (unpaired) electrons. The number of carbonyl (C=O) groups is 2. The van der Waals surface area contributed by atoms with E-state index >= 15 is 0 Å². The number of ether oxygens (including phenoxy) is 2. The molecule has 2 aromatic rings. The normalized spacial score (nSPS) is 10.0. The van der Waals surface area contributed by atoms with Gasteiger partial charge in [0.25, 0.3) is 5.91 Å². The zero-order chi connectivity index (χ0) is 18.2. The maximum absolute atomic E-state index is 11.8. The van der Waals surface area contributed by atoms with E-state index < -0.39 is 5.91 Å². The number of nitrogens with one attached hydrogen (secondary N) is 2. The van der Waals surface area contributed by atoms with E-state index in [4.69, 9.17) is 32.7 Å². The first kappa shape index (κ1) is 18.9. The van der Waals surface area contributed by atoms with Gasteiger partial charge in [0, 0.05) is 10.7 Å². The van der Waals surface area contributed by atoms with Gasteiger partial charge >= 0.3 is 0 Å². The Hall–Kier alpha value is -2.44. The van der Waals surface area contributed by atoms with Crippen LogP contribution in [-0.4, -0.2) is 32.1 Å². The van der Waals surface area contributed by atoms with Crippen molar-refractivity contribution < 1.29 is 19.1 Å². The Morgan fingerprint density at radius 3 is 2.40 bits per heavy atom. The maximum atomic E-state index is 11.8. The zero-order valence-corrected chi connectivity index (χ0v) is 14.9. The van der Waals surface area contributed by atoms with Crippen molar-refractivity contribution in [1.82, 2.24) is 5.32 Å². The van der Waals surface area contributed by atoms with E-state index in [2.05, 4.69) is 10.6 Å². The van der Waals surface area contributed by atoms with E-state index in [-0.39, 0.29) is 19.1 Å². The Bertz CT molecular complexity index is 751. The lowest BCUT2D eigenvalue weighted by atomic mass is 10.3. The molecule has 0 fully saturated rings. The summed E-state index contributed by atoms with van der Waals surface area (Å²) in [4.78, 5) is 23.5. The Balaban J connectivity index is 1.74. The highest BCUT2D eigenvalue weighted by atomic mass is 35.5. The van der Waals surface area contributed by atoms with E-state index in [1.165, 1.54) is 7.11 Å². The first-order chi connectivity index (χ1) is 12.0. The molecule has 6 nitrogen and oxygen atoms in total. The second-order valence-corrected chi connectivity index (χ2v) is 5.76. The van der Waals surface area contributed by atoms with Crippen LogP contribution in [0.2, 0.25) is 10.0 Å². The number of hydrogen-bond donors (Lipinski definition) is 2. The number of methoxy groups -OCH3 is 1. The van der Waals surface area contributed by atoms with Crippen LogP contribution in [0.25, 0.3) is 0 Å². The van der Waals surface area contributed by atoms with Gasteiger partial charge in [0.1, 0.15) is 11.5 Å². The smallest absolute Gasteiger partial charge is 0.258 e. The summed E-state index contributed by atoms with van der Waals surface area (Å²) in [6, 6.07) is 11.4. The minimum absolute atomic E-state index is 0.188. The van der Waals surface area contributed by atoms with Crippen molar-refractivity contribution >= 4 is 40.7 Å².